The van der Waals surface area contributed by atoms with Crippen LogP contribution in [0.4, 0.5) is 5.69 Å². The number of carbonyl (C=O) groups is 1. The lowest BCUT2D eigenvalue weighted by atomic mass is 10.2. The number of nitrogens with one attached hydrogen (secondary N) is 1. The van der Waals surface area contributed by atoms with E-state index >= 15 is 0 Å². The van der Waals surface area contributed by atoms with Gasteiger partial charge in [0, 0.05) is 11.8 Å². The minimum Gasteiger partial charge on any atom is -0.497 e. The average Bonchev–Trinajstić information content (AvgIpc) is 3.12. The molecular formula is C17H15N3O4. The van der Waals surface area contributed by atoms with Gasteiger partial charge in [-0.2, -0.15) is 0 Å². The Morgan fingerprint density at radius 1 is 1.04 bits per heavy atom. The third-order valence-corrected chi connectivity index (χ3v) is 3.28. The summed E-state index contributed by atoms with van der Waals surface area (Å²) < 4.78 is 15.8. The number of ether oxygens (including phenoxy) is 2. The van der Waals surface area contributed by atoms with E-state index in [1.807, 2.05) is 12.1 Å². The van der Waals surface area contributed by atoms with Gasteiger partial charge in [-0.1, -0.05) is 18.2 Å². The van der Waals surface area contributed by atoms with Gasteiger partial charge in [0.05, 0.1) is 19.8 Å². The Balaban J connectivity index is 1.81. The third-order valence-electron chi connectivity index (χ3n) is 3.28. The Labute approximate surface area is 138 Å². The highest BCUT2D eigenvalue weighted by Crippen LogP contribution is 2.28. The maximum atomic E-state index is 12.2. The molecule has 0 spiro atoms. The highest BCUT2D eigenvalue weighted by molar-refractivity contribution is 6.01. The van der Waals surface area contributed by atoms with Crippen LogP contribution in [-0.4, -0.2) is 30.3 Å². The van der Waals surface area contributed by atoms with Crippen LogP contribution < -0.4 is 14.8 Å². The molecule has 0 radical (unpaired) electrons. The van der Waals surface area contributed by atoms with E-state index in [1.165, 1.54) is 0 Å². The Hall–Kier alpha value is -3.35. The Morgan fingerprint density at radius 3 is 2.67 bits per heavy atom. The molecule has 0 saturated heterocycles. The smallest absolute Gasteiger partial charge is 0.313 e. The maximum Gasteiger partial charge on any atom is 0.313 e. The fourth-order valence-corrected chi connectivity index (χ4v) is 2.13. The van der Waals surface area contributed by atoms with E-state index in [1.54, 1.807) is 50.6 Å². The van der Waals surface area contributed by atoms with E-state index in [4.69, 9.17) is 13.9 Å². The molecule has 1 amide bonds. The van der Waals surface area contributed by atoms with E-state index < -0.39 is 5.91 Å². The molecule has 122 valence electrons. The second kappa shape index (κ2) is 6.82. The molecule has 0 aliphatic carbocycles. The van der Waals surface area contributed by atoms with Crippen molar-refractivity contribution in [1.29, 1.82) is 0 Å². The number of aromatic nitrogens is 2. The summed E-state index contributed by atoms with van der Waals surface area (Å²) in [5, 5.41) is 10.4. The first-order valence-corrected chi connectivity index (χ1v) is 7.13. The molecule has 24 heavy (non-hydrogen) atoms. The number of hydrogen-bond donors (Lipinski definition) is 1. The number of amides is 1. The van der Waals surface area contributed by atoms with E-state index in [-0.39, 0.29) is 11.8 Å². The molecule has 3 aromatic rings. The van der Waals surface area contributed by atoms with Gasteiger partial charge in [-0.15, -0.1) is 10.2 Å². The van der Waals surface area contributed by atoms with Crippen molar-refractivity contribution < 1.29 is 18.7 Å². The van der Waals surface area contributed by atoms with Crippen molar-refractivity contribution in [2.75, 3.05) is 19.5 Å². The summed E-state index contributed by atoms with van der Waals surface area (Å²) in [6.07, 6.45) is 0. The van der Waals surface area contributed by atoms with Crippen molar-refractivity contribution in [1.82, 2.24) is 10.2 Å². The molecule has 3 rings (SSSR count). The molecule has 0 aliphatic rings. The van der Waals surface area contributed by atoms with Gasteiger partial charge in [0.1, 0.15) is 11.5 Å². The third kappa shape index (κ3) is 3.19. The maximum absolute atomic E-state index is 12.2. The standard InChI is InChI=1S/C17H15N3O4/c1-22-12-7-5-6-11(10-12)18-15(21)17-20-19-16(24-17)13-8-3-4-9-14(13)23-2/h3-10H,1-2H3,(H,18,21). The first-order valence-electron chi connectivity index (χ1n) is 7.13. The first-order chi connectivity index (χ1) is 11.7. The van der Waals surface area contributed by atoms with E-state index in [9.17, 15) is 4.79 Å². The number of carbonyl (C=O) groups excluding carboxylic acids is 1. The number of benzene rings is 2. The largest absolute Gasteiger partial charge is 0.497 e. The number of rotatable bonds is 5. The van der Waals surface area contributed by atoms with E-state index in [0.29, 0.717) is 22.7 Å². The van der Waals surface area contributed by atoms with Crippen molar-refractivity contribution >= 4 is 11.6 Å². The molecule has 0 atom stereocenters. The van der Waals surface area contributed by atoms with Gasteiger partial charge < -0.3 is 19.2 Å². The number of nitrogens with zero attached hydrogens (tertiary/aromatic N) is 2. The van der Waals surface area contributed by atoms with Crippen LogP contribution in [0.15, 0.2) is 52.9 Å². The molecule has 1 aromatic heterocycles. The molecule has 1 N–H and O–H groups in total. The van der Waals surface area contributed by atoms with Crippen molar-refractivity contribution in [3.05, 3.63) is 54.4 Å². The average molecular weight is 325 g/mol. The molecule has 1 heterocycles. The SMILES string of the molecule is COc1cccc(NC(=O)c2nnc(-c3ccccc3OC)o2)c1. The molecule has 7 heteroatoms. The molecule has 0 unspecified atom stereocenters. The highest BCUT2D eigenvalue weighted by atomic mass is 16.5. The lowest BCUT2D eigenvalue weighted by molar-refractivity contribution is 0.0991. The summed E-state index contributed by atoms with van der Waals surface area (Å²) in [7, 11) is 3.10. The summed E-state index contributed by atoms with van der Waals surface area (Å²) >= 11 is 0. The molecule has 0 fully saturated rings. The molecule has 2 aromatic carbocycles. The summed E-state index contributed by atoms with van der Waals surface area (Å²) in [6, 6.07) is 14.2. The molecular weight excluding hydrogens is 310 g/mol. The fourth-order valence-electron chi connectivity index (χ4n) is 2.13. The summed E-state index contributed by atoms with van der Waals surface area (Å²) in [4.78, 5) is 12.2. The quantitative estimate of drug-likeness (QED) is 0.776. The lowest BCUT2D eigenvalue weighted by Crippen LogP contribution is -2.12. The first kappa shape index (κ1) is 15.5. The van der Waals surface area contributed by atoms with Crippen LogP contribution in [0.1, 0.15) is 10.7 Å². The lowest BCUT2D eigenvalue weighted by Gasteiger charge is -2.05. The van der Waals surface area contributed by atoms with Gasteiger partial charge in [-0.05, 0) is 24.3 Å². The minimum absolute atomic E-state index is 0.140. The van der Waals surface area contributed by atoms with Crippen molar-refractivity contribution in [2.24, 2.45) is 0 Å². The zero-order valence-corrected chi connectivity index (χ0v) is 13.1. The number of methoxy groups -OCH3 is 2. The summed E-state index contributed by atoms with van der Waals surface area (Å²) in [5.74, 6) is 0.785. The van der Waals surface area contributed by atoms with Crippen LogP contribution in [0.2, 0.25) is 0 Å². The number of anilines is 1. The van der Waals surface area contributed by atoms with E-state index in [0.717, 1.165) is 0 Å². The van der Waals surface area contributed by atoms with Crippen LogP contribution in [0.3, 0.4) is 0 Å². The van der Waals surface area contributed by atoms with Crippen LogP contribution in [-0.2, 0) is 0 Å². The summed E-state index contributed by atoms with van der Waals surface area (Å²) in [5.41, 5.74) is 1.18. The summed E-state index contributed by atoms with van der Waals surface area (Å²) in [6.45, 7) is 0. The van der Waals surface area contributed by atoms with Crippen LogP contribution in [0, 0.1) is 0 Å². The van der Waals surface area contributed by atoms with Gasteiger partial charge in [0.25, 0.3) is 5.89 Å². The van der Waals surface area contributed by atoms with Gasteiger partial charge in [0.15, 0.2) is 0 Å². The number of para-hydroxylation sites is 1. The topological polar surface area (TPSA) is 86.5 Å². The van der Waals surface area contributed by atoms with E-state index in [2.05, 4.69) is 15.5 Å². The molecule has 0 aliphatic heterocycles. The van der Waals surface area contributed by atoms with Crippen molar-refractivity contribution in [3.63, 3.8) is 0 Å². The predicted molar refractivity (Wildman–Crippen MR) is 87.2 cm³/mol. The van der Waals surface area contributed by atoms with Gasteiger partial charge in [-0.3, -0.25) is 4.79 Å². The van der Waals surface area contributed by atoms with Crippen molar-refractivity contribution in [3.8, 4) is 23.0 Å². The van der Waals surface area contributed by atoms with Crippen LogP contribution >= 0.6 is 0 Å². The minimum atomic E-state index is -0.503. The Morgan fingerprint density at radius 2 is 1.88 bits per heavy atom. The van der Waals surface area contributed by atoms with Gasteiger partial charge >= 0.3 is 11.8 Å². The predicted octanol–water partition coefficient (Wildman–Crippen LogP) is 3.01. The zero-order valence-electron chi connectivity index (χ0n) is 13.1. The van der Waals surface area contributed by atoms with Crippen molar-refractivity contribution in [2.45, 2.75) is 0 Å². The highest BCUT2D eigenvalue weighted by Gasteiger charge is 2.18. The number of hydrogen-bond acceptors (Lipinski definition) is 6. The Bertz CT molecular complexity index is 860. The molecule has 0 saturated carbocycles. The van der Waals surface area contributed by atoms with Gasteiger partial charge in [0.2, 0.25) is 0 Å². The molecule has 7 nitrogen and oxygen atoms in total. The second-order valence-electron chi connectivity index (χ2n) is 4.80. The van der Waals surface area contributed by atoms with Crippen LogP contribution in [0.25, 0.3) is 11.5 Å². The Kier molecular flexibility index (Phi) is 4.42. The zero-order chi connectivity index (χ0) is 16.9. The second-order valence-corrected chi connectivity index (χ2v) is 4.80. The fraction of sp³-hybridized carbons (Fsp3) is 0.118. The molecule has 0 bridgehead atoms. The monoisotopic (exact) mass is 325 g/mol. The van der Waals surface area contributed by atoms with Gasteiger partial charge in [-0.25, -0.2) is 0 Å². The van der Waals surface area contributed by atoms with Crippen LogP contribution in [0.5, 0.6) is 11.5 Å². The normalized spacial score (nSPS) is 10.2.